The van der Waals surface area contributed by atoms with Crippen molar-refractivity contribution in [3.8, 4) is 0 Å². The van der Waals surface area contributed by atoms with Crippen molar-refractivity contribution in [1.29, 1.82) is 0 Å². The van der Waals surface area contributed by atoms with E-state index in [1.807, 2.05) is 0 Å². The van der Waals surface area contributed by atoms with Gasteiger partial charge in [-0.1, -0.05) is 12.8 Å². The van der Waals surface area contributed by atoms with E-state index in [0.29, 0.717) is 11.7 Å². The lowest BCUT2D eigenvalue weighted by atomic mass is 9.74. The van der Waals surface area contributed by atoms with Crippen molar-refractivity contribution < 1.29 is 4.79 Å². The van der Waals surface area contributed by atoms with E-state index in [2.05, 4.69) is 0 Å². The molecule has 2 saturated carbocycles. The number of hydrogen-bond donors (Lipinski definition) is 0. The van der Waals surface area contributed by atoms with Crippen molar-refractivity contribution in [2.75, 3.05) is 0 Å². The van der Waals surface area contributed by atoms with Crippen molar-refractivity contribution in [2.45, 2.75) is 38.5 Å². The number of carbonyl (C=O) groups excluding carboxylic acids is 1. The highest BCUT2D eigenvalue weighted by Gasteiger charge is 2.36. The Morgan fingerprint density at radius 3 is 2.20 bits per heavy atom. The van der Waals surface area contributed by atoms with Gasteiger partial charge < -0.3 is 0 Å². The minimum atomic E-state index is 0.502. The van der Waals surface area contributed by atoms with Gasteiger partial charge in [0.25, 0.3) is 0 Å². The molecule has 0 aliphatic heterocycles. The normalized spacial score (nSPS) is 34.4. The highest BCUT2D eigenvalue weighted by atomic mass is 16.1. The van der Waals surface area contributed by atoms with Gasteiger partial charge >= 0.3 is 0 Å². The molecule has 0 saturated heterocycles. The summed E-state index contributed by atoms with van der Waals surface area (Å²) >= 11 is 0. The van der Waals surface area contributed by atoms with Gasteiger partial charge in [0.05, 0.1) is 0 Å². The van der Waals surface area contributed by atoms with Gasteiger partial charge in [-0.2, -0.15) is 0 Å². The van der Waals surface area contributed by atoms with Crippen LogP contribution in [0.1, 0.15) is 38.5 Å². The molecule has 0 spiro atoms. The first-order valence-electron chi connectivity index (χ1n) is 4.40. The van der Waals surface area contributed by atoms with E-state index < -0.39 is 0 Å². The number of rotatable bonds is 1. The quantitative estimate of drug-likeness (QED) is 0.542. The molecule has 0 aromatic heterocycles. The molecular formula is C9H14O. The predicted molar refractivity (Wildman–Crippen MR) is 39.7 cm³/mol. The molecule has 0 N–H and O–H groups in total. The molecule has 1 nitrogen and oxygen atoms in total. The monoisotopic (exact) mass is 138 g/mol. The number of ketones is 1. The first kappa shape index (κ1) is 6.38. The van der Waals surface area contributed by atoms with Crippen molar-refractivity contribution in [3.63, 3.8) is 0 Å². The zero-order valence-electron chi connectivity index (χ0n) is 6.31. The zero-order valence-corrected chi connectivity index (χ0v) is 6.31. The Hall–Kier alpha value is -0.330. The molecule has 0 aromatic rings. The van der Waals surface area contributed by atoms with Crippen LogP contribution in [0.2, 0.25) is 0 Å². The van der Waals surface area contributed by atoms with E-state index in [1.165, 1.54) is 32.1 Å². The number of hydrogen-bond acceptors (Lipinski definition) is 1. The van der Waals surface area contributed by atoms with E-state index in [1.54, 1.807) is 0 Å². The zero-order chi connectivity index (χ0) is 6.97. The van der Waals surface area contributed by atoms with E-state index in [4.69, 9.17) is 0 Å². The molecule has 2 aliphatic rings. The molecule has 0 aromatic carbocycles. The maximum Gasteiger partial charge on any atom is 0.136 e. The topological polar surface area (TPSA) is 17.1 Å². The lowest BCUT2D eigenvalue weighted by molar-refractivity contribution is -0.131. The SMILES string of the molecule is O=C1CCC1C1CCCC1. The lowest BCUT2D eigenvalue weighted by Crippen LogP contribution is -2.31. The van der Waals surface area contributed by atoms with Gasteiger partial charge in [0, 0.05) is 12.3 Å². The third-order valence-electron chi connectivity index (χ3n) is 3.08. The van der Waals surface area contributed by atoms with Crippen molar-refractivity contribution in [2.24, 2.45) is 11.8 Å². The summed E-state index contributed by atoms with van der Waals surface area (Å²) in [6.45, 7) is 0. The van der Waals surface area contributed by atoms with Crippen LogP contribution >= 0.6 is 0 Å². The Balaban J connectivity index is 1.92. The van der Waals surface area contributed by atoms with Gasteiger partial charge in [-0.05, 0) is 25.2 Å². The molecule has 2 aliphatic carbocycles. The third kappa shape index (κ3) is 0.882. The molecular weight excluding hydrogens is 124 g/mol. The second-order valence-electron chi connectivity index (χ2n) is 3.66. The molecule has 56 valence electrons. The van der Waals surface area contributed by atoms with Crippen LogP contribution in [0.4, 0.5) is 0 Å². The Kier molecular flexibility index (Phi) is 1.51. The molecule has 0 bridgehead atoms. The molecule has 1 heteroatoms. The molecule has 10 heavy (non-hydrogen) atoms. The summed E-state index contributed by atoms with van der Waals surface area (Å²) in [5, 5.41) is 0. The van der Waals surface area contributed by atoms with Gasteiger partial charge in [-0.15, -0.1) is 0 Å². The second kappa shape index (κ2) is 2.37. The van der Waals surface area contributed by atoms with Gasteiger partial charge in [0.2, 0.25) is 0 Å². The first-order valence-corrected chi connectivity index (χ1v) is 4.40. The molecule has 2 rings (SSSR count). The molecule has 1 atom stereocenters. The van der Waals surface area contributed by atoms with Gasteiger partial charge in [0.1, 0.15) is 5.78 Å². The van der Waals surface area contributed by atoms with Crippen LogP contribution in [0, 0.1) is 11.8 Å². The van der Waals surface area contributed by atoms with Crippen LogP contribution in [-0.2, 0) is 4.79 Å². The Bertz CT molecular complexity index is 145. The summed E-state index contributed by atoms with van der Waals surface area (Å²) in [5.74, 6) is 1.84. The summed E-state index contributed by atoms with van der Waals surface area (Å²) in [6.07, 6.45) is 7.47. The summed E-state index contributed by atoms with van der Waals surface area (Å²) in [7, 11) is 0. The molecule has 0 radical (unpaired) electrons. The van der Waals surface area contributed by atoms with Crippen LogP contribution in [-0.4, -0.2) is 5.78 Å². The Labute approximate surface area is 61.8 Å². The third-order valence-corrected chi connectivity index (χ3v) is 3.08. The minimum absolute atomic E-state index is 0.502. The highest BCUT2D eigenvalue weighted by molar-refractivity contribution is 5.86. The van der Waals surface area contributed by atoms with E-state index in [0.717, 1.165) is 12.3 Å². The lowest BCUT2D eigenvalue weighted by Gasteiger charge is -2.29. The van der Waals surface area contributed by atoms with Gasteiger partial charge in [0.15, 0.2) is 0 Å². The first-order chi connectivity index (χ1) is 4.88. The van der Waals surface area contributed by atoms with E-state index in [9.17, 15) is 4.79 Å². The molecule has 2 fully saturated rings. The van der Waals surface area contributed by atoms with Crippen LogP contribution in [0.5, 0.6) is 0 Å². The molecule has 0 heterocycles. The molecule has 1 unspecified atom stereocenters. The second-order valence-corrected chi connectivity index (χ2v) is 3.66. The van der Waals surface area contributed by atoms with Crippen LogP contribution in [0.3, 0.4) is 0 Å². The summed E-state index contributed by atoms with van der Waals surface area (Å²) in [5.41, 5.74) is 0. The van der Waals surface area contributed by atoms with Crippen molar-refractivity contribution in [3.05, 3.63) is 0 Å². The van der Waals surface area contributed by atoms with E-state index >= 15 is 0 Å². The fraction of sp³-hybridized carbons (Fsp3) is 0.889. The van der Waals surface area contributed by atoms with Gasteiger partial charge in [-0.3, -0.25) is 4.79 Å². The number of carbonyl (C=O) groups is 1. The Morgan fingerprint density at radius 1 is 1.10 bits per heavy atom. The molecule has 0 amide bonds. The summed E-state index contributed by atoms with van der Waals surface area (Å²) in [6, 6.07) is 0. The predicted octanol–water partition coefficient (Wildman–Crippen LogP) is 2.16. The fourth-order valence-electron chi connectivity index (χ4n) is 2.29. The maximum absolute atomic E-state index is 11.0. The van der Waals surface area contributed by atoms with Gasteiger partial charge in [-0.25, -0.2) is 0 Å². The van der Waals surface area contributed by atoms with E-state index in [-0.39, 0.29) is 0 Å². The van der Waals surface area contributed by atoms with Crippen LogP contribution in [0.25, 0.3) is 0 Å². The van der Waals surface area contributed by atoms with Crippen molar-refractivity contribution >= 4 is 5.78 Å². The smallest absolute Gasteiger partial charge is 0.136 e. The number of Topliss-reactive ketones (excluding diaryl/α,β-unsaturated/α-hetero) is 1. The minimum Gasteiger partial charge on any atom is -0.299 e. The largest absolute Gasteiger partial charge is 0.299 e. The van der Waals surface area contributed by atoms with Crippen LogP contribution < -0.4 is 0 Å². The fourth-order valence-corrected chi connectivity index (χ4v) is 2.29. The average Bonchev–Trinajstić information content (AvgIpc) is 2.37. The van der Waals surface area contributed by atoms with Crippen molar-refractivity contribution in [1.82, 2.24) is 0 Å². The standard InChI is InChI=1S/C9H14O/c10-9-6-5-8(9)7-3-1-2-4-7/h7-8H,1-6H2. The Morgan fingerprint density at radius 2 is 1.80 bits per heavy atom. The summed E-state index contributed by atoms with van der Waals surface area (Å²) in [4.78, 5) is 11.0. The summed E-state index contributed by atoms with van der Waals surface area (Å²) < 4.78 is 0. The average molecular weight is 138 g/mol. The maximum atomic E-state index is 11.0. The van der Waals surface area contributed by atoms with Crippen LogP contribution in [0.15, 0.2) is 0 Å². The highest BCUT2D eigenvalue weighted by Crippen LogP contribution is 2.39.